The minimum atomic E-state index is 0.508. The molecule has 2 nitrogen and oxygen atoms in total. The third kappa shape index (κ3) is 3.38. The Hall–Kier alpha value is -0.550. The molecule has 1 aliphatic rings. The molecule has 0 aliphatic heterocycles. The molecule has 0 unspecified atom stereocenters. The van der Waals surface area contributed by atoms with Crippen molar-refractivity contribution < 1.29 is 4.74 Å². The molecule has 0 bridgehead atoms. The van der Waals surface area contributed by atoms with Gasteiger partial charge in [0.2, 0.25) is 0 Å². The molecule has 0 atom stereocenters. The van der Waals surface area contributed by atoms with Crippen molar-refractivity contribution in [1.29, 1.82) is 5.26 Å². The summed E-state index contributed by atoms with van der Waals surface area (Å²) in [5.41, 5.74) is 0. The first-order valence-electron chi connectivity index (χ1n) is 4.42. The van der Waals surface area contributed by atoms with Crippen molar-refractivity contribution in [2.75, 3.05) is 6.61 Å². The number of hydrogen-bond donors (Lipinski definition) is 0. The minimum Gasteiger partial charge on any atom is -0.378 e. The van der Waals surface area contributed by atoms with Crippen LogP contribution in [0, 0.1) is 11.3 Å². The van der Waals surface area contributed by atoms with Crippen LogP contribution in [0.5, 0.6) is 0 Å². The van der Waals surface area contributed by atoms with Crippen LogP contribution in [0.25, 0.3) is 0 Å². The lowest BCUT2D eigenvalue weighted by Gasteiger charge is -2.08. The Morgan fingerprint density at radius 3 is 2.73 bits per heavy atom. The lowest BCUT2D eigenvalue weighted by Crippen LogP contribution is -2.08. The molecule has 1 saturated carbocycles. The molecule has 0 aromatic rings. The van der Waals surface area contributed by atoms with Gasteiger partial charge in [-0.15, -0.1) is 0 Å². The summed E-state index contributed by atoms with van der Waals surface area (Å²) in [7, 11) is 0. The van der Waals surface area contributed by atoms with Gasteiger partial charge in [-0.05, 0) is 19.3 Å². The van der Waals surface area contributed by atoms with Crippen LogP contribution in [0.3, 0.4) is 0 Å². The Balaban J connectivity index is 1.90. The monoisotopic (exact) mass is 153 g/mol. The third-order valence-corrected chi connectivity index (χ3v) is 2.09. The van der Waals surface area contributed by atoms with E-state index in [0.29, 0.717) is 12.5 Å². The van der Waals surface area contributed by atoms with Gasteiger partial charge in [0, 0.05) is 13.0 Å². The average molecular weight is 153 g/mol. The van der Waals surface area contributed by atoms with Gasteiger partial charge < -0.3 is 4.74 Å². The van der Waals surface area contributed by atoms with Crippen molar-refractivity contribution in [3.63, 3.8) is 0 Å². The lowest BCUT2D eigenvalue weighted by atomic mass is 10.3. The summed E-state index contributed by atoms with van der Waals surface area (Å²) in [6.07, 6.45) is 7.14. The molecule has 2 heteroatoms. The molecular formula is C9H15NO. The second-order valence-electron chi connectivity index (χ2n) is 3.04. The van der Waals surface area contributed by atoms with E-state index in [9.17, 15) is 0 Å². The molecule has 0 aromatic carbocycles. The lowest BCUT2D eigenvalue weighted by molar-refractivity contribution is 0.0574. The van der Waals surface area contributed by atoms with E-state index >= 15 is 0 Å². The van der Waals surface area contributed by atoms with Crippen molar-refractivity contribution in [1.82, 2.24) is 0 Å². The van der Waals surface area contributed by atoms with E-state index in [2.05, 4.69) is 6.07 Å². The van der Waals surface area contributed by atoms with Crippen LogP contribution in [-0.4, -0.2) is 12.7 Å². The maximum atomic E-state index is 8.25. The van der Waals surface area contributed by atoms with Crippen LogP contribution in [-0.2, 0) is 4.74 Å². The van der Waals surface area contributed by atoms with Gasteiger partial charge in [-0.1, -0.05) is 12.8 Å². The molecule has 0 amide bonds. The largest absolute Gasteiger partial charge is 0.378 e. The van der Waals surface area contributed by atoms with Gasteiger partial charge in [-0.25, -0.2) is 0 Å². The smallest absolute Gasteiger partial charge is 0.0622 e. The van der Waals surface area contributed by atoms with Gasteiger partial charge in [-0.2, -0.15) is 5.26 Å². The number of unbranched alkanes of at least 4 members (excludes halogenated alkanes) is 1. The fourth-order valence-corrected chi connectivity index (χ4v) is 1.46. The van der Waals surface area contributed by atoms with Crippen LogP contribution in [0.4, 0.5) is 0 Å². The first-order valence-corrected chi connectivity index (χ1v) is 4.42. The maximum absolute atomic E-state index is 8.25. The van der Waals surface area contributed by atoms with Crippen molar-refractivity contribution in [3.05, 3.63) is 0 Å². The molecule has 62 valence electrons. The van der Waals surface area contributed by atoms with E-state index in [-0.39, 0.29) is 0 Å². The second kappa shape index (κ2) is 5.15. The van der Waals surface area contributed by atoms with Crippen LogP contribution in [0.2, 0.25) is 0 Å². The second-order valence-corrected chi connectivity index (χ2v) is 3.04. The Morgan fingerprint density at radius 1 is 1.36 bits per heavy atom. The number of nitrogens with zero attached hydrogens (tertiary/aromatic N) is 1. The maximum Gasteiger partial charge on any atom is 0.0622 e. The third-order valence-electron chi connectivity index (χ3n) is 2.09. The highest BCUT2D eigenvalue weighted by Gasteiger charge is 2.14. The topological polar surface area (TPSA) is 33.0 Å². The first-order chi connectivity index (χ1) is 5.43. The summed E-state index contributed by atoms with van der Waals surface area (Å²) >= 11 is 0. The van der Waals surface area contributed by atoms with Gasteiger partial charge in [0.05, 0.1) is 12.2 Å². The van der Waals surface area contributed by atoms with E-state index in [1.807, 2.05) is 0 Å². The minimum absolute atomic E-state index is 0.508. The normalized spacial score (nSPS) is 18.5. The highest BCUT2D eigenvalue weighted by Crippen LogP contribution is 2.20. The van der Waals surface area contributed by atoms with E-state index in [4.69, 9.17) is 10.00 Å². The Labute approximate surface area is 68.2 Å². The zero-order chi connectivity index (χ0) is 7.94. The fourth-order valence-electron chi connectivity index (χ4n) is 1.46. The highest BCUT2D eigenvalue weighted by atomic mass is 16.5. The van der Waals surface area contributed by atoms with Crippen LogP contribution >= 0.6 is 0 Å². The molecule has 0 radical (unpaired) electrons. The predicted octanol–water partition coefficient (Wildman–Crippen LogP) is 2.25. The molecule has 0 spiro atoms. The molecular weight excluding hydrogens is 138 g/mol. The zero-order valence-electron chi connectivity index (χ0n) is 6.88. The number of nitriles is 1. The summed E-state index contributed by atoms with van der Waals surface area (Å²) in [6.45, 7) is 0.776. The summed E-state index contributed by atoms with van der Waals surface area (Å²) < 4.78 is 5.55. The Kier molecular flexibility index (Phi) is 4.00. The number of ether oxygens (including phenoxy) is 1. The zero-order valence-corrected chi connectivity index (χ0v) is 6.88. The average Bonchev–Trinajstić information content (AvgIpc) is 2.50. The fraction of sp³-hybridized carbons (Fsp3) is 0.889. The molecule has 0 N–H and O–H groups in total. The Morgan fingerprint density at radius 2 is 2.09 bits per heavy atom. The van der Waals surface area contributed by atoms with Crippen molar-refractivity contribution >= 4 is 0 Å². The summed E-state index contributed by atoms with van der Waals surface area (Å²) in [4.78, 5) is 0. The van der Waals surface area contributed by atoms with E-state index < -0.39 is 0 Å². The quantitative estimate of drug-likeness (QED) is 0.580. The summed E-state index contributed by atoms with van der Waals surface area (Å²) in [5, 5.41) is 8.25. The highest BCUT2D eigenvalue weighted by molar-refractivity contribution is 4.69. The Bertz CT molecular complexity index is 133. The molecule has 1 rings (SSSR count). The van der Waals surface area contributed by atoms with E-state index in [1.165, 1.54) is 25.7 Å². The summed E-state index contributed by atoms with van der Waals surface area (Å²) in [6, 6.07) is 2.11. The predicted molar refractivity (Wildman–Crippen MR) is 43.1 cm³/mol. The van der Waals surface area contributed by atoms with Crippen LogP contribution in [0.1, 0.15) is 38.5 Å². The van der Waals surface area contributed by atoms with Crippen molar-refractivity contribution in [3.8, 4) is 6.07 Å². The molecule has 0 heterocycles. The number of hydrogen-bond acceptors (Lipinski definition) is 2. The van der Waals surface area contributed by atoms with Crippen LogP contribution in [0.15, 0.2) is 0 Å². The number of rotatable bonds is 4. The molecule has 1 fully saturated rings. The van der Waals surface area contributed by atoms with E-state index in [0.717, 1.165) is 13.0 Å². The molecule has 0 aromatic heterocycles. The van der Waals surface area contributed by atoms with Gasteiger partial charge >= 0.3 is 0 Å². The first kappa shape index (κ1) is 8.55. The van der Waals surface area contributed by atoms with Gasteiger partial charge in [0.25, 0.3) is 0 Å². The summed E-state index contributed by atoms with van der Waals surface area (Å²) in [5.74, 6) is 0. The van der Waals surface area contributed by atoms with Gasteiger partial charge in [0.1, 0.15) is 0 Å². The van der Waals surface area contributed by atoms with Gasteiger partial charge in [0.15, 0.2) is 0 Å². The SMILES string of the molecule is N#CCCCOC1CCCC1. The van der Waals surface area contributed by atoms with Crippen molar-refractivity contribution in [2.45, 2.75) is 44.6 Å². The molecule has 1 aliphatic carbocycles. The molecule has 11 heavy (non-hydrogen) atoms. The standard InChI is InChI=1S/C9H15NO/c10-7-3-4-8-11-9-5-1-2-6-9/h9H,1-6,8H2. The van der Waals surface area contributed by atoms with E-state index in [1.54, 1.807) is 0 Å². The van der Waals surface area contributed by atoms with Crippen LogP contribution < -0.4 is 0 Å². The molecule has 0 saturated heterocycles. The van der Waals surface area contributed by atoms with Gasteiger partial charge in [-0.3, -0.25) is 0 Å². The van der Waals surface area contributed by atoms with Crippen molar-refractivity contribution in [2.24, 2.45) is 0 Å².